The molecule has 1 rings (SSSR count). The van der Waals surface area contributed by atoms with E-state index in [4.69, 9.17) is 16.3 Å². The van der Waals surface area contributed by atoms with Crippen LogP contribution >= 0.6 is 11.6 Å². The zero-order valence-corrected chi connectivity index (χ0v) is 15.5. The fourth-order valence-corrected chi connectivity index (χ4v) is 3.58. The molecule has 0 atom stereocenters. The van der Waals surface area contributed by atoms with E-state index in [0.29, 0.717) is 6.54 Å². The van der Waals surface area contributed by atoms with Gasteiger partial charge >= 0.3 is 0 Å². The molecule has 0 radical (unpaired) electrons. The number of carbonyl (C=O) groups excluding carboxylic acids is 1. The van der Waals surface area contributed by atoms with Crippen LogP contribution in [0.1, 0.15) is 10.4 Å². The monoisotopic (exact) mass is 363 g/mol. The molecule has 0 bridgehead atoms. The van der Waals surface area contributed by atoms with Gasteiger partial charge in [-0.2, -0.15) is 4.31 Å². The summed E-state index contributed by atoms with van der Waals surface area (Å²) in [5.41, 5.74) is 0.102. The van der Waals surface area contributed by atoms with Crippen LogP contribution in [0.2, 0.25) is 5.02 Å². The Morgan fingerprint density at radius 3 is 2.39 bits per heavy atom. The van der Waals surface area contributed by atoms with Crippen molar-refractivity contribution in [2.75, 3.05) is 48.4 Å². The molecule has 1 N–H and O–H groups in total. The summed E-state index contributed by atoms with van der Waals surface area (Å²) >= 11 is 6.02. The first kappa shape index (κ1) is 19.7. The third-order valence-corrected chi connectivity index (χ3v) is 5.31. The topological polar surface area (TPSA) is 79.0 Å². The molecule has 0 saturated heterocycles. The molecule has 23 heavy (non-hydrogen) atoms. The van der Waals surface area contributed by atoms with Crippen molar-refractivity contribution in [1.82, 2.24) is 14.5 Å². The first-order valence-corrected chi connectivity index (χ1v) is 8.68. The number of halogens is 1. The summed E-state index contributed by atoms with van der Waals surface area (Å²) in [4.78, 5) is 13.5. The van der Waals surface area contributed by atoms with Crippen LogP contribution in [0.15, 0.2) is 17.0 Å². The maximum atomic E-state index is 12.7. The fourth-order valence-electron chi connectivity index (χ4n) is 1.93. The Balaban J connectivity index is 3.50. The van der Waals surface area contributed by atoms with Crippen LogP contribution < -0.4 is 10.1 Å². The van der Waals surface area contributed by atoms with Gasteiger partial charge in [0.2, 0.25) is 10.0 Å². The lowest BCUT2D eigenvalue weighted by Gasteiger charge is -2.21. The quantitative estimate of drug-likeness (QED) is 0.778. The zero-order chi connectivity index (χ0) is 17.8. The number of nitrogens with zero attached hydrogens (tertiary/aromatic N) is 2. The van der Waals surface area contributed by atoms with Crippen molar-refractivity contribution in [2.45, 2.75) is 4.90 Å². The number of benzene rings is 1. The lowest BCUT2D eigenvalue weighted by Crippen LogP contribution is -2.33. The van der Waals surface area contributed by atoms with E-state index in [2.05, 4.69) is 5.32 Å². The summed E-state index contributed by atoms with van der Waals surface area (Å²) in [7, 11) is 3.80. The summed E-state index contributed by atoms with van der Waals surface area (Å²) in [6.07, 6.45) is 0. The smallest absolute Gasteiger partial charge is 0.257 e. The predicted octanol–water partition coefficient (Wildman–Crippen LogP) is 0.890. The summed E-state index contributed by atoms with van der Waals surface area (Å²) in [5.74, 6) is -0.400. The van der Waals surface area contributed by atoms with Gasteiger partial charge < -0.3 is 15.0 Å². The molecule has 0 fully saturated rings. The Hall–Kier alpha value is -1.35. The van der Waals surface area contributed by atoms with Crippen LogP contribution in [-0.2, 0) is 10.0 Å². The second kappa shape index (κ2) is 7.96. The second-order valence-corrected chi connectivity index (χ2v) is 7.56. The van der Waals surface area contributed by atoms with E-state index in [1.165, 1.54) is 35.5 Å². The van der Waals surface area contributed by atoms with Gasteiger partial charge in [-0.05, 0) is 19.2 Å². The van der Waals surface area contributed by atoms with E-state index in [9.17, 15) is 13.2 Å². The van der Waals surface area contributed by atoms with Gasteiger partial charge in [-0.1, -0.05) is 11.6 Å². The molecular formula is C14H22ClN3O4S. The van der Waals surface area contributed by atoms with Crippen molar-refractivity contribution in [3.63, 3.8) is 0 Å². The molecular weight excluding hydrogens is 342 g/mol. The van der Waals surface area contributed by atoms with Crippen LogP contribution in [0.25, 0.3) is 0 Å². The summed E-state index contributed by atoms with van der Waals surface area (Å²) in [5, 5.41) is 3.03. The van der Waals surface area contributed by atoms with Gasteiger partial charge in [0.1, 0.15) is 4.90 Å². The number of nitrogens with one attached hydrogen (secondary N) is 1. The number of likely N-dealkylation sites (N-methyl/N-ethyl adjacent to an activating group) is 2. The molecule has 1 amide bonds. The third-order valence-electron chi connectivity index (χ3n) is 3.23. The van der Waals surface area contributed by atoms with Crippen LogP contribution in [0.3, 0.4) is 0 Å². The number of hydrogen-bond acceptors (Lipinski definition) is 5. The lowest BCUT2D eigenvalue weighted by atomic mass is 10.2. The Bertz CT molecular complexity index is 677. The molecule has 1 aromatic carbocycles. The van der Waals surface area contributed by atoms with Crippen molar-refractivity contribution >= 4 is 27.5 Å². The molecule has 0 unspecified atom stereocenters. The minimum atomic E-state index is -3.85. The van der Waals surface area contributed by atoms with Crippen molar-refractivity contribution in [1.29, 1.82) is 0 Å². The molecule has 0 spiro atoms. The SMILES string of the molecule is CNCCN(C)S(=O)(=O)c1cc(Cl)cc(C(=O)N(C)C)c1OC. The minimum absolute atomic E-state index is 0.00981. The molecule has 7 nitrogen and oxygen atoms in total. The van der Waals surface area contributed by atoms with E-state index in [-0.39, 0.29) is 27.8 Å². The van der Waals surface area contributed by atoms with Crippen LogP contribution in [0.4, 0.5) is 0 Å². The second-order valence-electron chi connectivity index (χ2n) is 5.11. The lowest BCUT2D eigenvalue weighted by molar-refractivity contribution is 0.0823. The summed E-state index contributed by atoms with van der Waals surface area (Å²) < 4.78 is 31.9. The fraction of sp³-hybridized carbons (Fsp3) is 0.500. The molecule has 0 saturated carbocycles. The van der Waals surface area contributed by atoms with Crippen LogP contribution in [0, 0.1) is 0 Å². The van der Waals surface area contributed by atoms with Gasteiger partial charge in [0, 0.05) is 39.3 Å². The first-order chi connectivity index (χ1) is 10.7. The first-order valence-electron chi connectivity index (χ1n) is 6.87. The number of amides is 1. The van der Waals surface area contributed by atoms with E-state index in [1.807, 2.05) is 0 Å². The maximum Gasteiger partial charge on any atom is 0.257 e. The molecule has 0 aliphatic heterocycles. The summed E-state index contributed by atoms with van der Waals surface area (Å²) in [6, 6.07) is 2.69. The van der Waals surface area contributed by atoms with Gasteiger partial charge in [0.05, 0.1) is 12.7 Å². The highest BCUT2D eigenvalue weighted by atomic mass is 35.5. The maximum absolute atomic E-state index is 12.7. The number of hydrogen-bond donors (Lipinski definition) is 1. The van der Waals surface area contributed by atoms with Gasteiger partial charge in [0.25, 0.3) is 5.91 Å². The third kappa shape index (κ3) is 4.35. The number of methoxy groups -OCH3 is 1. The van der Waals surface area contributed by atoms with E-state index >= 15 is 0 Å². The molecule has 0 aliphatic rings. The van der Waals surface area contributed by atoms with E-state index in [0.717, 1.165) is 0 Å². The largest absolute Gasteiger partial charge is 0.494 e. The van der Waals surface area contributed by atoms with Crippen molar-refractivity contribution in [3.05, 3.63) is 22.7 Å². The van der Waals surface area contributed by atoms with Crippen molar-refractivity contribution in [3.8, 4) is 5.75 Å². The highest BCUT2D eigenvalue weighted by Crippen LogP contribution is 2.33. The number of rotatable bonds is 7. The van der Waals surface area contributed by atoms with Gasteiger partial charge in [-0.3, -0.25) is 4.79 Å². The number of ether oxygens (including phenoxy) is 1. The Kier molecular flexibility index (Phi) is 6.82. The number of sulfonamides is 1. The average Bonchev–Trinajstić information content (AvgIpc) is 2.50. The van der Waals surface area contributed by atoms with Gasteiger partial charge in [0.15, 0.2) is 5.75 Å². The minimum Gasteiger partial charge on any atom is -0.494 e. The molecule has 0 aromatic heterocycles. The highest BCUT2D eigenvalue weighted by molar-refractivity contribution is 7.89. The standard InChI is InChI=1S/C14H22ClN3O4S/c1-16-6-7-18(4)23(20,21)12-9-10(15)8-11(13(12)22-5)14(19)17(2)3/h8-9,16H,6-7H2,1-5H3. The van der Waals surface area contributed by atoms with Crippen LogP contribution in [-0.4, -0.2) is 71.9 Å². The van der Waals surface area contributed by atoms with Crippen molar-refractivity contribution < 1.29 is 17.9 Å². The molecule has 130 valence electrons. The van der Waals surface area contributed by atoms with Crippen LogP contribution in [0.5, 0.6) is 5.75 Å². The predicted molar refractivity (Wildman–Crippen MR) is 89.8 cm³/mol. The molecule has 0 aliphatic carbocycles. The number of carbonyl (C=O) groups is 1. The normalized spacial score (nSPS) is 11.6. The average molecular weight is 364 g/mol. The van der Waals surface area contributed by atoms with Gasteiger partial charge in [-0.15, -0.1) is 0 Å². The zero-order valence-electron chi connectivity index (χ0n) is 13.9. The molecule has 9 heteroatoms. The van der Waals surface area contributed by atoms with E-state index < -0.39 is 15.9 Å². The van der Waals surface area contributed by atoms with Gasteiger partial charge in [-0.25, -0.2) is 8.42 Å². The molecule has 0 heterocycles. The summed E-state index contributed by atoms with van der Waals surface area (Å²) in [6.45, 7) is 0.757. The Morgan fingerprint density at radius 2 is 1.91 bits per heavy atom. The Morgan fingerprint density at radius 1 is 1.30 bits per heavy atom. The van der Waals surface area contributed by atoms with E-state index in [1.54, 1.807) is 21.1 Å². The van der Waals surface area contributed by atoms with Crippen molar-refractivity contribution in [2.24, 2.45) is 0 Å². The highest BCUT2D eigenvalue weighted by Gasteiger charge is 2.29. The molecule has 1 aromatic rings. The Labute approximate surface area is 142 Å².